The molecule has 0 aromatic rings. The average molecular weight is 155 g/mol. The van der Waals surface area contributed by atoms with Crippen LogP contribution in [0.15, 0.2) is 27.8 Å². The third kappa shape index (κ3) is 7.10. The largest absolute Gasteiger partial charge is 0.277 e. The number of hydrogen-bond donors (Lipinski definition) is 0. The lowest BCUT2D eigenvalue weighted by atomic mass is 11.1. The summed E-state index contributed by atoms with van der Waals surface area (Å²) in [5.41, 5.74) is 3.28. The molecule has 0 rings (SSSR count). The molecular formula is C6H9N3S. The Kier molecular flexibility index (Phi) is 7.37. The van der Waals surface area contributed by atoms with Crippen molar-refractivity contribution in [3.8, 4) is 0 Å². The highest BCUT2D eigenvalue weighted by atomic mass is 32.2. The van der Waals surface area contributed by atoms with Gasteiger partial charge in [-0.2, -0.15) is 0 Å². The Morgan fingerprint density at radius 2 is 2.00 bits per heavy atom. The lowest BCUT2D eigenvalue weighted by molar-refractivity contribution is 1.45. The zero-order chi connectivity index (χ0) is 7.66. The molecule has 54 valence electrons. The molecular weight excluding hydrogens is 146 g/mol. The molecule has 0 aliphatic heterocycles. The van der Waals surface area contributed by atoms with Gasteiger partial charge in [-0.05, 0) is 0 Å². The summed E-state index contributed by atoms with van der Waals surface area (Å²) < 4.78 is 0. The quantitative estimate of drug-likeness (QED) is 0.448. The van der Waals surface area contributed by atoms with Crippen LogP contribution in [0.3, 0.4) is 0 Å². The van der Waals surface area contributed by atoms with E-state index in [0.717, 1.165) is 0 Å². The summed E-state index contributed by atoms with van der Waals surface area (Å²) in [5, 5.41) is 0. The van der Waals surface area contributed by atoms with E-state index in [2.05, 4.69) is 21.6 Å². The van der Waals surface area contributed by atoms with Crippen molar-refractivity contribution in [3.63, 3.8) is 0 Å². The second-order valence-electron chi connectivity index (χ2n) is 1.20. The highest BCUT2D eigenvalue weighted by molar-refractivity contribution is 8.23. The maximum Gasteiger partial charge on any atom is 0.110 e. The van der Waals surface area contributed by atoms with E-state index >= 15 is 0 Å². The Balaban J connectivity index is 3.34. The third-order valence-electron chi connectivity index (χ3n) is 0.531. The van der Waals surface area contributed by atoms with Gasteiger partial charge >= 0.3 is 0 Å². The third-order valence-corrected chi connectivity index (χ3v) is 1.02. The number of aliphatic imine (C=N–C) groups is 3. The summed E-state index contributed by atoms with van der Waals surface area (Å²) in [6, 6.07) is 0. The molecule has 0 heterocycles. The molecule has 0 bridgehead atoms. The van der Waals surface area contributed by atoms with E-state index in [1.807, 2.05) is 0 Å². The summed E-state index contributed by atoms with van der Waals surface area (Å²) in [6.07, 6.45) is 2.93. The molecule has 0 aromatic carbocycles. The molecule has 0 amide bonds. The first-order valence-corrected chi connectivity index (χ1v) is 3.56. The zero-order valence-electron chi connectivity index (χ0n) is 5.77. The SMILES string of the molecule is C=C/N=C/S/C=N\C=N\C. The standard InChI is InChI=1S/C6H9N3S/c1-3-8-5-10-6-9-4-7-2/h3-6H,1H2,2H3/b7-4+,8-5+,9-6-. The van der Waals surface area contributed by atoms with Gasteiger partial charge in [-0.25, -0.2) is 4.99 Å². The Bertz CT molecular complexity index is 160. The summed E-state index contributed by atoms with van der Waals surface area (Å²) in [6.45, 7) is 3.41. The second kappa shape index (κ2) is 8.10. The van der Waals surface area contributed by atoms with Crippen molar-refractivity contribution < 1.29 is 0 Å². The van der Waals surface area contributed by atoms with Gasteiger partial charge in [-0.3, -0.25) is 9.98 Å². The minimum absolute atomic E-state index is 1.37. The van der Waals surface area contributed by atoms with E-state index in [-0.39, 0.29) is 0 Å². The maximum absolute atomic E-state index is 3.78. The number of thioether (sulfide) groups is 1. The average Bonchev–Trinajstić information content (AvgIpc) is 1.97. The van der Waals surface area contributed by atoms with Crippen LogP contribution in [0.2, 0.25) is 0 Å². The smallest absolute Gasteiger partial charge is 0.110 e. The first-order valence-electron chi connectivity index (χ1n) is 2.62. The van der Waals surface area contributed by atoms with Gasteiger partial charge in [0, 0.05) is 13.2 Å². The molecule has 0 spiro atoms. The maximum atomic E-state index is 3.78. The van der Waals surface area contributed by atoms with Gasteiger partial charge in [0.1, 0.15) is 6.34 Å². The van der Waals surface area contributed by atoms with Crippen LogP contribution < -0.4 is 0 Å². The van der Waals surface area contributed by atoms with Crippen molar-refractivity contribution >= 4 is 29.2 Å². The minimum atomic E-state index is 1.37. The monoisotopic (exact) mass is 155 g/mol. The summed E-state index contributed by atoms with van der Waals surface area (Å²) in [7, 11) is 1.67. The van der Waals surface area contributed by atoms with Crippen LogP contribution in [0.25, 0.3) is 0 Å². The van der Waals surface area contributed by atoms with Gasteiger partial charge in [0.05, 0.1) is 11.1 Å². The Morgan fingerprint density at radius 1 is 1.30 bits per heavy atom. The van der Waals surface area contributed by atoms with Crippen molar-refractivity contribution in [2.24, 2.45) is 15.0 Å². The minimum Gasteiger partial charge on any atom is -0.277 e. The van der Waals surface area contributed by atoms with Crippen molar-refractivity contribution in [2.75, 3.05) is 7.05 Å². The lowest BCUT2D eigenvalue weighted by Crippen LogP contribution is -1.67. The molecule has 0 aliphatic rings. The zero-order valence-corrected chi connectivity index (χ0v) is 6.58. The van der Waals surface area contributed by atoms with Crippen LogP contribution in [-0.4, -0.2) is 24.5 Å². The van der Waals surface area contributed by atoms with Crippen LogP contribution in [0, 0.1) is 0 Å². The van der Waals surface area contributed by atoms with Gasteiger partial charge < -0.3 is 0 Å². The predicted octanol–water partition coefficient (Wildman–Crippen LogP) is 1.58. The van der Waals surface area contributed by atoms with Crippen LogP contribution in [0.4, 0.5) is 0 Å². The molecule has 0 fully saturated rings. The van der Waals surface area contributed by atoms with Crippen LogP contribution in [0.1, 0.15) is 0 Å². The van der Waals surface area contributed by atoms with Gasteiger partial charge in [-0.15, -0.1) is 0 Å². The van der Waals surface area contributed by atoms with E-state index < -0.39 is 0 Å². The fourth-order valence-electron chi connectivity index (χ4n) is 0.234. The van der Waals surface area contributed by atoms with E-state index in [1.54, 1.807) is 18.1 Å². The first-order chi connectivity index (χ1) is 4.91. The molecule has 0 atom stereocenters. The van der Waals surface area contributed by atoms with Crippen LogP contribution >= 0.6 is 11.8 Å². The highest BCUT2D eigenvalue weighted by Gasteiger charge is 1.67. The van der Waals surface area contributed by atoms with E-state index in [9.17, 15) is 0 Å². The summed E-state index contributed by atoms with van der Waals surface area (Å²) in [5.74, 6) is 0. The fraction of sp³-hybridized carbons (Fsp3) is 0.167. The summed E-state index contributed by atoms with van der Waals surface area (Å²) >= 11 is 1.37. The molecule has 0 radical (unpaired) electrons. The van der Waals surface area contributed by atoms with Gasteiger partial charge in [0.15, 0.2) is 0 Å². The molecule has 10 heavy (non-hydrogen) atoms. The normalized spacial score (nSPS) is 12.1. The van der Waals surface area contributed by atoms with Crippen LogP contribution in [-0.2, 0) is 0 Å². The highest BCUT2D eigenvalue weighted by Crippen LogP contribution is 1.86. The Morgan fingerprint density at radius 3 is 2.60 bits per heavy atom. The van der Waals surface area contributed by atoms with Crippen molar-refractivity contribution in [2.45, 2.75) is 0 Å². The van der Waals surface area contributed by atoms with Gasteiger partial charge in [0.2, 0.25) is 0 Å². The molecule has 3 nitrogen and oxygen atoms in total. The number of rotatable bonds is 4. The Hall–Kier alpha value is -0.900. The number of hydrogen-bond acceptors (Lipinski definition) is 3. The van der Waals surface area contributed by atoms with E-state index in [1.165, 1.54) is 24.3 Å². The molecule has 4 heteroatoms. The molecule has 0 aliphatic carbocycles. The van der Waals surface area contributed by atoms with Crippen molar-refractivity contribution in [1.29, 1.82) is 0 Å². The topological polar surface area (TPSA) is 37.1 Å². The number of nitrogens with zero attached hydrogens (tertiary/aromatic N) is 3. The molecule has 0 aromatic heterocycles. The van der Waals surface area contributed by atoms with E-state index in [0.29, 0.717) is 0 Å². The first kappa shape index (κ1) is 9.10. The van der Waals surface area contributed by atoms with E-state index in [4.69, 9.17) is 0 Å². The summed E-state index contributed by atoms with van der Waals surface area (Å²) in [4.78, 5) is 11.2. The molecule has 0 N–H and O–H groups in total. The fourth-order valence-corrected chi connectivity index (χ4v) is 0.570. The molecule has 0 unspecified atom stereocenters. The van der Waals surface area contributed by atoms with Crippen molar-refractivity contribution in [3.05, 3.63) is 12.8 Å². The van der Waals surface area contributed by atoms with Crippen LogP contribution in [0.5, 0.6) is 0 Å². The van der Waals surface area contributed by atoms with Gasteiger partial charge in [-0.1, -0.05) is 18.3 Å². The second-order valence-corrected chi connectivity index (χ2v) is 1.90. The molecule has 0 saturated carbocycles. The Labute approximate surface area is 64.7 Å². The van der Waals surface area contributed by atoms with Crippen molar-refractivity contribution in [1.82, 2.24) is 0 Å². The lowest BCUT2D eigenvalue weighted by Gasteiger charge is -1.75. The van der Waals surface area contributed by atoms with Gasteiger partial charge in [0.25, 0.3) is 0 Å². The predicted molar refractivity (Wildman–Crippen MR) is 49.2 cm³/mol. The molecule has 0 saturated heterocycles.